The molecule has 0 bridgehead atoms. The van der Waals surface area contributed by atoms with E-state index < -0.39 is 0 Å². The topological polar surface area (TPSA) is 51.1 Å². The fraction of sp³-hybridized carbons (Fsp3) is 0.143. The van der Waals surface area contributed by atoms with Gasteiger partial charge < -0.3 is 9.88 Å². The minimum atomic E-state index is -0.247. The first-order chi connectivity index (χ1) is 9.45. The second-order valence-corrected chi connectivity index (χ2v) is 6.13. The summed E-state index contributed by atoms with van der Waals surface area (Å²) in [7, 11) is 0. The van der Waals surface area contributed by atoms with Crippen LogP contribution in [0.3, 0.4) is 0 Å². The van der Waals surface area contributed by atoms with Crippen LogP contribution in [0.15, 0.2) is 50.3 Å². The number of anilines is 1. The van der Waals surface area contributed by atoms with E-state index in [1.165, 1.54) is 4.57 Å². The molecule has 0 atom stereocenters. The van der Waals surface area contributed by atoms with Crippen LogP contribution >= 0.6 is 31.9 Å². The Morgan fingerprint density at radius 1 is 1.30 bits per heavy atom. The van der Waals surface area contributed by atoms with Crippen LogP contribution in [-0.2, 0) is 11.3 Å². The van der Waals surface area contributed by atoms with E-state index in [0.717, 1.165) is 15.7 Å². The van der Waals surface area contributed by atoms with Crippen LogP contribution in [0.4, 0.5) is 5.69 Å². The number of nitrogens with one attached hydrogen (secondary N) is 1. The molecular formula is C14H12Br2N2O2. The molecule has 0 fully saturated rings. The number of benzene rings is 1. The van der Waals surface area contributed by atoms with Crippen LogP contribution in [-0.4, -0.2) is 10.5 Å². The molecule has 104 valence electrons. The second kappa shape index (κ2) is 6.37. The van der Waals surface area contributed by atoms with Gasteiger partial charge in [-0.1, -0.05) is 12.1 Å². The highest BCUT2D eigenvalue weighted by atomic mass is 79.9. The van der Waals surface area contributed by atoms with Gasteiger partial charge in [0.25, 0.3) is 5.56 Å². The molecule has 4 nitrogen and oxygen atoms in total. The number of nitrogens with zero attached hydrogens (tertiary/aromatic N) is 1. The van der Waals surface area contributed by atoms with Crippen molar-refractivity contribution >= 4 is 43.5 Å². The average molecular weight is 400 g/mol. The van der Waals surface area contributed by atoms with Crippen LogP contribution in [0.5, 0.6) is 0 Å². The Hall–Kier alpha value is -1.40. The van der Waals surface area contributed by atoms with Gasteiger partial charge >= 0.3 is 0 Å². The van der Waals surface area contributed by atoms with Crippen LogP contribution < -0.4 is 10.9 Å². The molecule has 0 aliphatic heterocycles. The standard InChI is InChI=1S/C14H12Br2N2O2/c1-9-3-2-4-11(5-9)17-13(19)8-18-7-10(15)6-12(16)14(18)20/h2-7H,8H2,1H3,(H,17,19). The summed E-state index contributed by atoms with van der Waals surface area (Å²) in [6, 6.07) is 9.15. The lowest BCUT2D eigenvalue weighted by Crippen LogP contribution is -2.27. The lowest BCUT2D eigenvalue weighted by Gasteiger charge is -2.09. The van der Waals surface area contributed by atoms with Crippen molar-refractivity contribution in [2.45, 2.75) is 13.5 Å². The van der Waals surface area contributed by atoms with Crippen molar-refractivity contribution in [3.8, 4) is 0 Å². The molecule has 1 aromatic carbocycles. The highest BCUT2D eigenvalue weighted by Gasteiger charge is 2.08. The van der Waals surface area contributed by atoms with Gasteiger partial charge in [0.2, 0.25) is 5.91 Å². The minimum absolute atomic E-state index is 0.0369. The van der Waals surface area contributed by atoms with E-state index >= 15 is 0 Å². The van der Waals surface area contributed by atoms with E-state index in [2.05, 4.69) is 37.2 Å². The third-order valence-electron chi connectivity index (χ3n) is 2.62. The fourth-order valence-electron chi connectivity index (χ4n) is 1.76. The van der Waals surface area contributed by atoms with Gasteiger partial charge in [-0.3, -0.25) is 9.59 Å². The van der Waals surface area contributed by atoms with Crippen LogP contribution in [0.2, 0.25) is 0 Å². The van der Waals surface area contributed by atoms with E-state index in [9.17, 15) is 9.59 Å². The van der Waals surface area contributed by atoms with E-state index in [4.69, 9.17) is 0 Å². The molecule has 2 aromatic rings. The fourth-order valence-corrected chi connectivity index (χ4v) is 3.02. The van der Waals surface area contributed by atoms with E-state index in [1.54, 1.807) is 12.3 Å². The Balaban J connectivity index is 2.15. The Kier molecular flexibility index (Phi) is 4.77. The summed E-state index contributed by atoms with van der Waals surface area (Å²) < 4.78 is 2.49. The Bertz CT molecular complexity index is 711. The molecular weight excluding hydrogens is 388 g/mol. The van der Waals surface area contributed by atoms with Crippen molar-refractivity contribution in [1.29, 1.82) is 0 Å². The van der Waals surface area contributed by atoms with Gasteiger partial charge in [0.05, 0.1) is 4.47 Å². The largest absolute Gasteiger partial charge is 0.325 e. The van der Waals surface area contributed by atoms with E-state index in [1.807, 2.05) is 31.2 Å². The maximum absolute atomic E-state index is 12.0. The number of amides is 1. The predicted octanol–water partition coefficient (Wildman–Crippen LogP) is 3.32. The second-order valence-electron chi connectivity index (χ2n) is 4.36. The number of halogens is 2. The number of aryl methyl sites for hydroxylation is 1. The van der Waals surface area contributed by atoms with E-state index in [0.29, 0.717) is 4.47 Å². The summed E-state index contributed by atoms with van der Waals surface area (Å²) in [5.41, 5.74) is 1.54. The lowest BCUT2D eigenvalue weighted by atomic mass is 10.2. The molecule has 0 spiro atoms. The van der Waals surface area contributed by atoms with Gasteiger partial charge in [-0.05, 0) is 62.5 Å². The minimum Gasteiger partial charge on any atom is -0.325 e. The van der Waals surface area contributed by atoms with Crippen molar-refractivity contribution in [3.63, 3.8) is 0 Å². The van der Waals surface area contributed by atoms with Gasteiger partial charge in [-0.15, -0.1) is 0 Å². The molecule has 6 heteroatoms. The summed E-state index contributed by atoms with van der Waals surface area (Å²) in [5.74, 6) is -0.247. The summed E-state index contributed by atoms with van der Waals surface area (Å²) in [6.45, 7) is 1.91. The van der Waals surface area contributed by atoms with Crippen molar-refractivity contribution in [3.05, 3.63) is 61.4 Å². The van der Waals surface area contributed by atoms with Gasteiger partial charge in [-0.25, -0.2) is 0 Å². The number of rotatable bonds is 3. The van der Waals surface area contributed by atoms with Gasteiger partial charge in [0.15, 0.2) is 0 Å². The first-order valence-electron chi connectivity index (χ1n) is 5.88. The van der Waals surface area contributed by atoms with Crippen LogP contribution in [0, 0.1) is 6.92 Å². The van der Waals surface area contributed by atoms with Crippen molar-refractivity contribution < 1.29 is 4.79 Å². The van der Waals surface area contributed by atoms with Crippen LogP contribution in [0.1, 0.15) is 5.56 Å². The molecule has 1 amide bonds. The molecule has 0 unspecified atom stereocenters. The molecule has 0 saturated carbocycles. The third-order valence-corrected chi connectivity index (χ3v) is 3.63. The third kappa shape index (κ3) is 3.80. The maximum atomic E-state index is 12.0. The summed E-state index contributed by atoms with van der Waals surface area (Å²) in [5, 5.41) is 2.77. The number of hydrogen-bond donors (Lipinski definition) is 1. The summed E-state index contributed by atoms with van der Waals surface area (Å²) >= 11 is 6.46. The molecule has 0 aliphatic rings. The van der Waals surface area contributed by atoms with Crippen molar-refractivity contribution in [1.82, 2.24) is 4.57 Å². The van der Waals surface area contributed by atoms with E-state index in [-0.39, 0.29) is 18.0 Å². The molecule has 0 aliphatic carbocycles. The number of carbonyl (C=O) groups excluding carboxylic acids is 1. The first-order valence-corrected chi connectivity index (χ1v) is 7.46. The number of carbonyl (C=O) groups is 1. The Morgan fingerprint density at radius 2 is 2.05 bits per heavy atom. The Labute approximate surface area is 133 Å². The first kappa shape index (κ1) is 15.0. The normalized spacial score (nSPS) is 10.3. The highest BCUT2D eigenvalue weighted by Crippen LogP contribution is 2.13. The molecule has 2 rings (SSSR count). The molecule has 0 saturated heterocycles. The zero-order valence-electron chi connectivity index (χ0n) is 10.7. The van der Waals surface area contributed by atoms with Gasteiger partial charge in [0.1, 0.15) is 6.54 Å². The van der Waals surface area contributed by atoms with Crippen molar-refractivity contribution in [2.75, 3.05) is 5.32 Å². The summed E-state index contributed by atoms with van der Waals surface area (Å²) in [6.07, 6.45) is 1.59. The summed E-state index contributed by atoms with van der Waals surface area (Å²) in [4.78, 5) is 23.8. The number of pyridine rings is 1. The number of aromatic nitrogens is 1. The molecule has 1 aromatic heterocycles. The smallest absolute Gasteiger partial charge is 0.265 e. The quantitative estimate of drug-likeness (QED) is 0.860. The molecule has 0 radical (unpaired) electrons. The van der Waals surface area contributed by atoms with Gasteiger partial charge in [0, 0.05) is 16.4 Å². The SMILES string of the molecule is Cc1cccc(NC(=O)Cn2cc(Br)cc(Br)c2=O)c1. The van der Waals surface area contributed by atoms with Crippen molar-refractivity contribution in [2.24, 2.45) is 0 Å². The Morgan fingerprint density at radius 3 is 2.75 bits per heavy atom. The average Bonchev–Trinajstić information content (AvgIpc) is 2.35. The van der Waals surface area contributed by atoms with Crippen LogP contribution in [0.25, 0.3) is 0 Å². The lowest BCUT2D eigenvalue weighted by molar-refractivity contribution is -0.116. The molecule has 1 N–H and O–H groups in total. The zero-order chi connectivity index (χ0) is 14.7. The zero-order valence-corrected chi connectivity index (χ0v) is 13.9. The number of hydrogen-bond acceptors (Lipinski definition) is 2. The monoisotopic (exact) mass is 398 g/mol. The molecule has 20 heavy (non-hydrogen) atoms. The van der Waals surface area contributed by atoms with Gasteiger partial charge in [-0.2, -0.15) is 0 Å². The predicted molar refractivity (Wildman–Crippen MR) is 85.9 cm³/mol. The maximum Gasteiger partial charge on any atom is 0.265 e. The highest BCUT2D eigenvalue weighted by molar-refractivity contribution is 9.11. The molecule has 1 heterocycles.